The number of carbonyl (C=O) groups is 1. The van der Waals surface area contributed by atoms with Crippen LogP contribution in [0, 0.1) is 11.8 Å². The Bertz CT molecular complexity index is 274. The Kier molecular flexibility index (Phi) is 10.5. The van der Waals surface area contributed by atoms with Crippen LogP contribution >= 0.6 is 0 Å². The van der Waals surface area contributed by atoms with Crippen molar-refractivity contribution in [2.24, 2.45) is 0 Å². The van der Waals surface area contributed by atoms with Crippen LogP contribution < -0.4 is 0 Å². The molecule has 0 aromatic carbocycles. The minimum atomic E-state index is -0.242. The topological polar surface area (TPSA) is 29.5 Å². The molecule has 3 heteroatoms. The number of hydrogen-bond donors (Lipinski definition) is 0. The van der Waals surface area contributed by atoms with E-state index in [9.17, 15) is 4.79 Å². The van der Waals surface area contributed by atoms with Crippen molar-refractivity contribution in [3.63, 3.8) is 0 Å². The molecule has 0 aliphatic rings. The van der Waals surface area contributed by atoms with Gasteiger partial charge in [0.15, 0.2) is 6.10 Å². The second-order valence-electron chi connectivity index (χ2n) is 4.38. The van der Waals surface area contributed by atoms with E-state index in [4.69, 9.17) is 4.74 Å². The normalized spacial score (nSPS) is 11.8. The summed E-state index contributed by atoms with van der Waals surface area (Å²) in [6.07, 6.45) is 4.01. The second-order valence-corrected chi connectivity index (χ2v) is 4.38. The molecule has 0 fully saturated rings. The quantitative estimate of drug-likeness (QED) is 0.378. The summed E-state index contributed by atoms with van der Waals surface area (Å²) >= 11 is 0. The number of carbonyl (C=O) groups excluding carboxylic acids is 1. The van der Waals surface area contributed by atoms with Crippen molar-refractivity contribution in [3.8, 4) is 11.8 Å². The van der Waals surface area contributed by atoms with Crippen molar-refractivity contribution >= 4 is 5.97 Å². The number of rotatable bonds is 8. The van der Waals surface area contributed by atoms with E-state index in [-0.39, 0.29) is 12.1 Å². The summed E-state index contributed by atoms with van der Waals surface area (Å²) in [5.74, 6) is 5.95. The first-order chi connectivity index (χ1) is 8.63. The fourth-order valence-electron chi connectivity index (χ4n) is 1.66. The molecule has 0 aliphatic carbocycles. The van der Waals surface area contributed by atoms with Crippen molar-refractivity contribution < 1.29 is 9.53 Å². The van der Waals surface area contributed by atoms with Gasteiger partial charge in [-0.25, -0.2) is 0 Å². The molecule has 0 N–H and O–H groups in total. The average Bonchev–Trinajstić information content (AvgIpc) is 2.34. The molecule has 0 aromatic heterocycles. The molecule has 0 spiro atoms. The number of ether oxygens (including phenoxy) is 1. The molecule has 0 bridgehead atoms. The zero-order chi connectivity index (χ0) is 13.8. The maximum Gasteiger partial charge on any atom is 0.303 e. The van der Waals surface area contributed by atoms with Crippen molar-refractivity contribution in [2.45, 2.75) is 59.5 Å². The van der Waals surface area contributed by atoms with Gasteiger partial charge in [0.05, 0.1) is 6.54 Å². The third kappa shape index (κ3) is 9.07. The summed E-state index contributed by atoms with van der Waals surface area (Å²) < 4.78 is 5.21. The van der Waals surface area contributed by atoms with E-state index >= 15 is 0 Å². The lowest BCUT2D eigenvalue weighted by molar-refractivity contribution is -0.144. The van der Waals surface area contributed by atoms with E-state index in [1.165, 1.54) is 13.3 Å². The highest BCUT2D eigenvalue weighted by molar-refractivity contribution is 5.66. The summed E-state index contributed by atoms with van der Waals surface area (Å²) in [5.41, 5.74) is 0. The fourth-order valence-corrected chi connectivity index (χ4v) is 1.66. The van der Waals surface area contributed by atoms with Crippen LogP contribution in [0.2, 0.25) is 0 Å². The first-order valence-electron chi connectivity index (χ1n) is 7.01. The van der Waals surface area contributed by atoms with Gasteiger partial charge >= 0.3 is 5.97 Å². The van der Waals surface area contributed by atoms with Crippen molar-refractivity contribution in [1.82, 2.24) is 4.90 Å². The van der Waals surface area contributed by atoms with Gasteiger partial charge in [0.25, 0.3) is 0 Å². The Morgan fingerprint density at radius 2 is 1.89 bits per heavy atom. The van der Waals surface area contributed by atoms with E-state index in [1.54, 1.807) is 0 Å². The molecule has 3 nitrogen and oxygen atoms in total. The molecule has 0 aliphatic heterocycles. The number of nitrogens with zero attached hydrogens (tertiary/aromatic N) is 1. The highest BCUT2D eigenvalue weighted by Crippen LogP contribution is 2.06. The minimum Gasteiger partial charge on any atom is -0.449 e. The van der Waals surface area contributed by atoms with Gasteiger partial charge in [-0.15, -0.1) is 0 Å². The maximum absolute atomic E-state index is 11.0. The van der Waals surface area contributed by atoms with Crippen molar-refractivity contribution in [3.05, 3.63) is 0 Å². The highest BCUT2D eigenvalue weighted by Gasteiger charge is 2.07. The number of hydrogen-bond acceptors (Lipinski definition) is 3. The van der Waals surface area contributed by atoms with Crippen molar-refractivity contribution in [1.29, 1.82) is 0 Å². The van der Waals surface area contributed by atoms with Crippen LogP contribution in [0.5, 0.6) is 0 Å². The van der Waals surface area contributed by atoms with E-state index in [0.717, 1.165) is 38.9 Å². The van der Waals surface area contributed by atoms with Crippen LogP contribution in [0.25, 0.3) is 0 Å². The molecule has 0 amide bonds. The molecule has 0 rings (SSSR count). The van der Waals surface area contributed by atoms with Crippen LogP contribution in [0.15, 0.2) is 0 Å². The Balaban J connectivity index is 4.20. The molecule has 0 radical (unpaired) electrons. The predicted molar refractivity (Wildman–Crippen MR) is 75.3 cm³/mol. The standard InChI is InChI=1S/C15H27NO2/c1-5-8-9-11-15(18-14(4)17)12-10-13-16(6-2)7-3/h15H,5-9,11,13H2,1-4H3. The Morgan fingerprint density at radius 3 is 2.39 bits per heavy atom. The molecule has 104 valence electrons. The van der Waals surface area contributed by atoms with E-state index < -0.39 is 0 Å². The zero-order valence-corrected chi connectivity index (χ0v) is 12.3. The van der Waals surface area contributed by atoms with Gasteiger partial charge in [-0.2, -0.15) is 0 Å². The summed E-state index contributed by atoms with van der Waals surface area (Å²) in [6, 6.07) is 0. The molecule has 0 saturated heterocycles. The fraction of sp³-hybridized carbons (Fsp3) is 0.800. The monoisotopic (exact) mass is 253 g/mol. The first kappa shape index (κ1) is 17.0. The second kappa shape index (κ2) is 11.1. The van der Waals surface area contributed by atoms with Crippen LogP contribution in [-0.4, -0.2) is 36.6 Å². The largest absolute Gasteiger partial charge is 0.449 e. The highest BCUT2D eigenvalue weighted by atomic mass is 16.5. The number of unbranched alkanes of at least 4 members (excludes halogenated alkanes) is 2. The lowest BCUT2D eigenvalue weighted by Gasteiger charge is -2.14. The summed E-state index contributed by atoms with van der Waals surface area (Å²) in [6.45, 7) is 10.6. The van der Waals surface area contributed by atoms with Gasteiger partial charge in [0.1, 0.15) is 0 Å². The Morgan fingerprint density at radius 1 is 1.22 bits per heavy atom. The van der Waals surface area contributed by atoms with E-state index in [2.05, 4.69) is 37.5 Å². The smallest absolute Gasteiger partial charge is 0.303 e. The number of esters is 1. The van der Waals surface area contributed by atoms with Gasteiger partial charge in [0, 0.05) is 6.92 Å². The van der Waals surface area contributed by atoms with Crippen LogP contribution in [0.3, 0.4) is 0 Å². The summed E-state index contributed by atoms with van der Waals surface area (Å²) in [4.78, 5) is 13.2. The lowest BCUT2D eigenvalue weighted by atomic mass is 10.1. The van der Waals surface area contributed by atoms with E-state index in [1.807, 2.05) is 0 Å². The molecular formula is C15H27NO2. The van der Waals surface area contributed by atoms with Gasteiger partial charge in [0.2, 0.25) is 0 Å². The van der Waals surface area contributed by atoms with Crippen LogP contribution in [-0.2, 0) is 9.53 Å². The lowest BCUT2D eigenvalue weighted by Crippen LogP contribution is -2.23. The minimum absolute atomic E-state index is 0.232. The van der Waals surface area contributed by atoms with Gasteiger partial charge in [-0.1, -0.05) is 45.5 Å². The SMILES string of the molecule is CCCCCC(C#CCN(CC)CC)OC(C)=O. The molecule has 0 heterocycles. The summed E-state index contributed by atoms with van der Waals surface area (Å²) in [5, 5.41) is 0. The summed E-state index contributed by atoms with van der Waals surface area (Å²) in [7, 11) is 0. The van der Waals surface area contributed by atoms with Gasteiger partial charge in [-0.3, -0.25) is 9.69 Å². The van der Waals surface area contributed by atoms with Crippen molar-refractivity contribution in [2.75, 3.05) is 19.6 Å². The van der Waals surface area contributed by atoms with Gasteiger partial charge < -0.3 is 4.74 Å². The zero-order valence-electron chi connectivity index (χ0n) is 12.3. The first-order valence-corrected chi connectivity index (χ1v) is 7.01. The van der Waals surface area contributed by atoms with E-state index in [0.29, 0.717) is 0 Å². The van der Waals surface area contributed by atoms with Crippen LogP contribution in [0.1, 0.15) is 53.4 Å². The third-order valence-corrected chi connectivity index (χ3v) is 2.84. The molecular weight excluding hydrogens is 226 g/mol. The predicted octanol–water partition coefficient (Wildman–Crippen LogP) is 2.84. The molecule has 0 aromatic rings. The Hall–Kier alpha value is -1.01. The Labute approximate surface area is 112 Å². The molecule has 1 unspecified atom stereocenters. The average molecular weight is 253 g/mol. The van der Waals surface area contributed by atoms with Gasteiger partial charge in [-0.05, 0) is 25.9 Å². The molecule has 1 atom stereocenters. The third-order valence-electron chi connectivity index (χ3n) is 2.84. The molecule has 0 saturated carbocycles. The van der Waals surface area contributed by atoms with Crippen LogP contribution in [0.4, 0.5) is 0 Å². The maximum atomic E-state index is 11.0. The molecule has 18 heavy (non-hydrogen) atoms.